The number of hydrogen-bond acceptors (Lipinski definition) is 2. The number of nitrogens with zero attached hydrogens (tertiary/aromatic N) is 1. The van der Waals surface area contributed by atoms with Crippen molar-refractivity contribution in [1.29, 1.82) is 0 Å². The van der Waals surface area contributed by atoms with Crippen molar-refractivity contribution >= 4 is 22.0 Å². The van der Waals surface area contributed by atoms with Gasteiger partial charge in [-0.3, -0.25) is 4.90 Å². The molecular weight excluding hydrogens is 294 g/mol. The van der Waals surface area contributed by atoms with Gasteiger partial charge in [0.05, 0.1) is 12.6 Å². The van der Waals surface area contributed by atoms with E-state index in [-0.39, 0.29) is 12.1 Å². The monoisotopic (exact) mass is 311 g/mol. The molecule has 0 spiro atoms. The average Bonchev–Trinajstić information content (AvgIpc) is 2.56. The minimum atomic E-state index is -0.456. The van der Waals surface area contributed by atoms with Crippen LogP contribution in [0.15, 0.2) is 22.7 Å². The smallest absolute Gasteiger partial charge is 0.411 e. The highest BCUT2D eigenvalue weighted by Crippen LogP contribution is 2.37. The lowest BCUT2D eigenvalue weighted by atomic mass is 10.1. The number of halogens is 1. The van der Waals surface area contributed by atoms with Gasteiger partial charge in [0.2, 0.25) is 0 Å². The lowest BCUT2D eigenvalue weighted by molar-refractivity contribution is 0.0187. The van der Waals surface area contributed by atoms with Crippen LogP contribution in [0.4, 0.5) is 4.79 Å². The molecule has 3 nitrogen and oxygen atoms in total. The first-order valence-electron chi connectivity index (χ1n) is 6.06. The van der Waals surface area contributed by atoms with Crippen LogP contribution >= 0.6 is 15.9 Å². The summed E-state index contributed by atoms with van der Waals surface area (Å²) >= 11 is 3.53. The highest BCUT2D eigenvalue weighted by Gasteiger charge is 2.34. The van der Waals surface area contributed by atoms with E-state index in [9.17, 15) is 4.79 Å². The van der Waals surface area contributed by atoms with Crippen LogP contribution in [0.5, 0.6) is 0 Å². The average molecular weight is 312 g/mol. The summed E-state index contributed by atoms with van der Waals surface area (Å²) in [5.74, 6) is 0. The van der Waals surface area contributed by atoms with Crippen molar-refractivity contribution in [2.45, 2.75) is 45.9 Å². The molecule has 0 saturated heterocycles. The molecule has 1 aromatic carbocycles. The van der Waals surface area contributed by atoms with E-state index in [4.69, 9.17) is 4.74 Å². The van der Waals surface area contributed by atoms with Gasteiger partial charge in [-0.25, -0.2) is 4.79 Å². The van der Waals surface area contributed by atoms with Crippen LogP contribution < -0.4 is 0 Å². The minimum absolute atomic E-state index is 0.0624. The van der Waals surface area contributed by atoms with Gasteiger partial charge in [-0.1, -0.05) is 28.1 Å². The summed E-state index contributed by atoms with van der Waals surface area (Å²) in [4.78, 5) is 13.9. The molecule has 1 aromatic rings. The summed E-state index contributed by atoms with van der Waals surface area (Å²) in [6, 6.07) is 6.13. The fourth-order valence-corrected chi connectivity index (χ4v) is 2.66. The van der Waals surface area contributed by atoms with Crippen LogP contribution in [0.1, 0.15) is 44.9 Å². The standard InChI is InChI=1S/C14H18BrNO2/c1-9-10-6-5-7-12(15)11(10)8-16(9)13(17)18-14(2,3)4/h5-7,9H,8H2,1-4H3. The summed E-state index contributed by atoms with van der Waals surface area (Å²) in [5, 5.41) is 0. The summed E-state index contributed by atoms with van der Waals surface area (Å²) in [6.45, 7) is 8.28. The zero-order valence-corrected chi connectivity index (χ0v) is 12.7. The summed E-state index contributed by atoms with van der Waals surface area (Å²) in [5.41, 5.74) is 1.91. The molecule has 0 N–H and O–H groups in total. The second-order valence-electron chi connectivity index (χ2n) is 5.59. The molecule has 1 amide bonds. The minimum Gasteiger partial charge on any atom is -0.444 e. The van der Waals surface area contributed by atoms with E-state index >= 15 is 0 Å². The summed E-state index contributed by atoms with van der Waals surface area (Å²) in [7, 11) is 0. The number of hydrogen-bond donors (Lipinski definition) is 0. The van der Waals surface area contributed by atoms with Gasteiger partial charge < -0.3 is 4.74 Å². The van der Waals surface area contributed by atoms with E-state index < -0.39 is 5.60 Å². The number of amides is 1. The number of fused-ring (bicyclic) bond motifs is 1. The van der Waals surface area contributed by atoms with Gasteiger partial charge in [0.1, 0.15) is 5.60 Å². The summed E-state index contributed by atoms with van der Waals surface area (Å²) in [6.07, 6.45) is -0.252. The Morgan fingerprint density at radius 1 is 1.44 bits per heavy atom. The van der Waals surface area contributed by atoms with Gasteiger partial charge in [0.15, 0.2) is 0 Å². The maximum Gasteiger partial charge on any atom is 0.411 e. The molecule has 98 valence electrons. The molecule has 1 atom stereocenters. The molecule has 1 aliphatic heterocycles. The third-order valence-corrected chi connectivity index (χ3v) is 3.77. The molecule has 0 radical (unpaired) electrons. The van der Waals surface area contributed by atoms with Crippen LogP contribution in [0, 0.1) is 0 Å². The number of ether oxygens (including phenoxy) is 1. The molecule has 1 unspecified atom stereocenters. The predicted octanol–water partition coefficient (Wildman–Crippen LogP) is 4.26. The van der Waals surface area contributed by atoms with Crippen molar-refractivity contribution in [2.24, 2.45) is 0 Å². The molecule has 1 aliphatic rings. The van der Waals surface area contributed by atoms with Gasteiger partial charge in [0.25, 0.3) is 0 Å². The molecule has 18 heavy (non-hydrogen) atoms. The number of carbonyl (C=O) groups excluding carboxylic acids is 1. The van der Waals surface area contributed by atoms with E-state index in [1.165, 1.54) is 11.1 Å². The van der Waals surface area contributed by atoms with E-state index in [1.54, 1.807) is 4.90 Å². The van der Waals surface area contributed by atoms with E-state index in [0.717, 1.165) is 4.47 Å². The maximum absolute atomic E-state index is 12.1. The number of rotatable bonds is 0. The van der Waals surface area contributed by atoms with Gasteiger partial charge >= 0.3 is 6.09 Å². The van der Waals surface area contributed by atoms with Crippen LogP contribution in [0.2, 0.25) is 0 Å². The van der Waals surface area contributed by atoms with E-state index in [1.807, 2.05) is 39.8 Å². The van der Waals surface area contributed by atoms with Crippen LogP contribution in [0.3, 0.4) is 0 Å². The van der Waals surface area contributed by atoms with Crippen molar-refractivity contribution in [3.8, 4) is 0 Å². The normalized spacial score (nSPS) is 18.7. The topological polar surface area (TPSA) is 29.5 Å². The zero-order chi connectivity index (χ0) is 13.5. The predicted molar refractivity (Wildman–Crippen MR) is 74.3 cm³/mol. The van der Waals surface area contributed by atoms with Crippen molar-refractivity contribution in [2.75, 3.05) is 0 Å². The molecule has 4 heteroatoms. The Labute approximate surface area is 116 Å². The van der Waals surface area contributed by atoms with Gasteiger partial charge in [-0.2, -0.15) is 0 Å². The largest absolute Gasteiger partial charge is 0.444 e. The molecule has 0 fully saturated rings. The van der Waals surface area contributed by atoms with Crippen LogP contribution in [-0.4, -0.2) is 16.6 Å². The summed E-state index contributed by atoms with van der Waals surface area (Å²) < 4.78 is 6.49. The number of benzene rings is 1. The zero-order valence-electron chi connectivity index (χ0n) is 11.2. The Hall–Kier alpha value is -1.03. The Morgan fingerprint density at radius 3 is 2.67 bits per heavy atom. The first-order valence-corrected chi connectivity index (χ1v) is 6.86. The Morgan fingerprint density at radius 2 is 2.11 bits per heavy atom. The molecule has 0 aliphatic carbocycles. The Balaban J connectivity index is 2.21. The van der Waals surface area contributed by atoms with Gasteiger partial charge in [-0.15, -0.1) is 0 Å². The lowest BCUT2D eigenvalue weighted by Gasteiger charge is -2.27. The lowest BCUT2D eigenvalue weighted by Crippen LogP contribution is -2.35. The quantitative estimate of drug-likeness (QED) is 0.716. The van der Waals surface area contributed by atoms with Crippen LogP contribution in [-0.2, 0) is 11.3 Å². The van der Waals surface area contributed by atoms with Crippen molar-refractivity contribution in [3.63, 3.8) is 0 Å². The van der Waals surface area contributed by atoms with E-state index in [0.29, 0.717) is 6.54 Å². The third kappa shape index (κ3) is 2.53. The highest BCUT2D eigenvalue weighted by atomic mass is 79.9. The molecule has 0 bridgehead atoms. The van der Waals surface area contributed by atoms with Crippen LogP contribution in [0.25, 0.3) is 0 Å². The fourth-order valence-electron chi connectivity index (χ4n) is 2.15. The highest BCUT2D eigenvalue weighted by molar-refractivity contribution is 9.10. The fraction of sp³-hybridized carbons (Fsp3) is 0.500. The molecular formula is C14H18BrNO2. The second kappa shape index (κ2) is 4.57. The van der Waals surface area contributed by atoms with Gasteiger partial charge in [0, 0.05) is 4.47 Å². The van der Waals surface area contributed by atoms with Gasteiger partial charge in [-0.05, 0) is 44.9 Å². The Kier molecular flexibility index (Phi) is 3.41. The first-order chi connectivity index (χ1) is 8.29. The second-order valence-corrected chi connectivity index (χ2v) is 6.45. The van der Waals surface area contributed by atoms with Crippen molar-refractivity contribution in [1.82, 2.24) is 4.90 Å². The molecule has 1 heterocycles. The van der Waals surface area contributed by atoms with E-state index in [2.05, 4.69) is 22.0 Å². The molecule has 0 aromatic heterocycles. The number of carbonyl (C=O) groups is 1. The molecule has 0 saturated carbocycles. The first kappa shape index (κ1) is 13.4. The van der Waals surface area contributed by atoms with Crippen molar-refractivity contribution < 1.29 is 9.53 Å². The SMILES string of the molecule is CC1c2cccc(Br)c2CN1C(=O)OC(C)(C)C. The third-order valence-electron chi connectivity index (χ3n) is 3.03. The maximum atomic E-state index is 12.1. The molecule has 2 rings (SSSR count). The van der Waals surface area contributed by atoms with Crippen molar-refractivity contribution in [3.05, 3.63) is 33.8 Å². The Bertz CT molecular complexity index is 479.